The van der Waals surface area contributed by atoms with Crippen LogP contribution < -0.4 is 0 Å². The number of benzene rings is 1. The van der Waals surface area contributed by atoms with Crippen LogP contribution in [0, 0.1) is 11.3 Å². The van der Waals surface area contributed by atoms with E-state index in [0.717, 1.165) is 18.4 Å². The Morgan fingerprint density at radius 1 is 1.29 bits per heavy atom. The average Bonchev–Trinajstić information content (AvgIpc) is 2.94. The number of fused-ring (bicyclic) bond motifs is 1. The summed E-state index contributed by atoms with van der Waals surface area (Å²) in [6.45, 7) is 2.24. The van der Waals surface area contributed by atoms with Crippen LogP contribution in [-0.4, -0.2) is 10.2 Å². The molecule has 1 atom stereocenters. The predicted octanol–water partition coefficient (Wildman–Crippen LogP) is 2.34. The molecule has 1 aromatic heterocycles. The van der Waals surface area contributed by atoms with Gasteiger partial charge in [0.15, 0.2) is 0 Å². The maximum Gasteiger partial charge on any atom is 0.0991 e. The molecule has 3 rings (SSSR count). The summed E-state index contributed by atoms with van der Waals surface area (Å²) >= 11 is 0. The van der Waals surface area contributed by atoms with E-state index in [1.54, 1.807) is 6.20 Å². The van der Waals surface area contributed by atoms with Crippen molar-refractivity contribution in [3.05, 3.63) is 52.8 Å². The van der Waals surface area contributed by atoms with Gasteiger partial charge in [-0.3, -0.25) is 5.10 Å². The molecule has 2 aromatic rings. The lowest BCUT2D eigenvalue weighted by atomic mass is 9.84. The highest BCUT2D eigenvalue weighted by Gasteiger charge is 2.35. The second kappa shape index (κ2) is 3.46. The molecule has 0 saturated heterocycles. The highest BCUT2D eigenvalue weighted by molar-refractivity contribution is 5.44. The molecular weight excluding hydrogens is 210 g/mol. The van der Waals surface area contributed by atoms with Gasteiger partial charge in [-0.15, -0.1) is 0 Å². The van der Waals surface area contributed by atoms with Crippen molar-refractivity contribution in [3.63, 3.8) is 0 Å². The molecule has 17 heavy (non-hydrogen) atoms. The van der Waals surface area contributed by atoms with Gasteiger partial charge in [0, 0.05) is 17.3 Å². The summed E-state index contributed by atoms with van der Waals surface area (Å²) in [5.74, 6) is 0. The lowest BCUT2D eigenvalue weighted by Gasteiger charge is -2.21. The number of aromatic amines is 1. The quantitative estimate of drug-likeness (QED) is 0.806. The van der Waals surface area contributed by atoms with Crippen molar-refractivity contribution < 1.29 is 0 Å². The zero-order valence-electron chi connectivity index (χ0n) is 9.70. The lowest BCUT2D eigenvalue weighted by Crippen LogP contribution is -2.22. The van der Waals surface area contributed by atoms with Crippen LogP contribution in [-0.2, 0) is 18.3 Å². The first-order valence-electron chi connectivity index (χ1n) is 5.73. The summed E-state index contributed by atoms with van der Waals surface area (Å²) in [6, 6.07) is 10.2. The van der Waals surface area contributed by atoms with E-state index in [-0.39, 0.29) is 5.41 Å². The summed E-state index contributed by atoms with van der Waals surface area (Å²) in [5, 5.41) is 16.0. The molecule has 1 aromatic carbocycles. The fraction of sp³-hybridized carbons (Fsp3) is 0.286. The summed E-state index contributed by atoms with van der Waals surface area (Å²) in [4.78, 5) is 0. The number of aromatic nitrogens is 2. The highest BCUT2D eigenvalue weighted by Crippen LogP contribution is 2.38. The van der Waals surface area contributed by atoms with Crippen LogP contribution in [0.5, 0.6) is 0 Å². The van der Waals surface area contributed by atoms with Crippen molar-refractivity contribution in [3.8, 4) is 6.07 Å². The average molecular weight is 223 g/mol. The first kappa shape index (κ1) is 10.1. The molecule has 0 bridgehead atoms. The van der Waals surface area contributed by atoms with Crippen LogP contribution in [0.3, 0.4) is 0 Å². The van der Waals surface area contributed by atoms with Crippen molar-refractivity contribution in [2.75, 3.05) is 0 Å². The van der Waals surface area contributed by atoms with Crippen LogP contribution in [0.25, 0.3) is 0 Å². The van der Waals surface area contributed by atoms with E-state index in [1.807, 2.05) is 18.2 Å². The van der Waals surface area contributed by atoms with E-state index >= 15 is 0 Å². The van der Waals surface area contributed by atoms with Gasteiger partial charge in [-0.2, -0.15) is 10.4 Å². The van der Waals surface area contributed by atoms with Gasteiger partial charge in [0.1, 0.15) is 0 Å². The molecule has 0 unspecified atom stereocenters. The van der Waals surface area contributed by atoms with E-state index in [2.05, 4.69) is 29.3 Å². The van der Waals surface area contributed by atoms with E-state index < -0.39 is 0 Å². The van der Waals surface area contributed by atoms with Crippen LogP contribution in [0.2, 0.25) is 0 Å². The first-order valence-corrected chi connectivity index (χ1v) is 5.73. The zero-order chi connectivity index (χ0) is 11.9. The monoisotopic (exact) mass is 223 g/mol. The summed E-state index contributed by atoms with van der Waals surface area (Å²) < 4.78 is 0. The van der Waals surface area contributed by atoms with Crippen LogP contribution >= 0.6 is 0 Å². The third-order valence-electron chi connectivity index (χ3n) is 3.65. The SMILES string of the molecule is C[C@@]1(c2ccn[nH]2)Cc2ccc(C#N)cc2C1. The number of nitriles is 1. The number of H-pyrrole nitrogens is 1. The molecule has 3 heteroatoms. The van der Waals surface area contributed by atoms with Gasteiger partial charge in [0.2, 0.25) is 0 Å². The van der Waals surface area contributed by atoms with Crippen molar-refractivity contribution in [1.29, 1.82) is 5.26 Å². The zero-order valence-corrected chi connectivity index (χ0v) is 9.70. The minimum atomic E-state index is 0.0902. The second-order valence-electron chi connectivity index (χ2n) is 4.98. The number of hydrogen-bond acceptors (Lipinski definition) is 2. The number of hydrogen-bond donors (Lipinski definition) is 1. The van der Waals surface area contributed by atoms with E-state index in [9.17, 15) is 0 Å². The molecule has 0 amide bonds. The Bertz CT molecular complexity index is 592. The van der Waals surface area contributed by atoms with Gasteiger partial charge in [0.05, 0.1) is 11.6 Å². The van der Waals surface area contributed by atoms with Crippen molar-refractivity contribution >= 4 is 0 Å². The minimum absolute atomic E-state index is 0.0902. The molecule has 1 N–H and O–H groups in total. The van der Waals surface area contributed by atoms with Crippen molar-refractivity contribution in [2.24, 2.45) is 0 Å². The predicted molar refractivity (Wildman–Crippen MR) is 64.5 cm³/mol. The fourth-order valence-corrected chi connectivity index (χ4v) is 2.72. The van der Waals surface area contributed by atoms with E-state index in [1.165, 1.54) is 16.8 Å². The lowest BCUT2D eigenvalue weighted by molar-refractivity contribution is 0.486. The number of rotatable bonds is 1. The number of nitrogens with one attached hydrogen (secondary N) is 1. The third-order valence-corrected chi connectivity index (χ3v) is 3.65. The third kappa shape index (κ3) is 1.53. The molecule has 0 spiro atoms. The molecule has 1 heterocycles. The Balaban J connectivity index is 2.00. The normalized spacial score (nSPS) is 22.1. The largest absolute Gasteiger partial charge is 0.282 e. The first-order chi connectivity index (χ1) is 8.21. The Hall–Kier alpha value is -2.08. The van der Waals surface area contributed by atoms with Gasteiger partial charge in [-0.05, 0) is 42.2 Å². The Kier molecular flexibility index (Phi) is 2.05. The molecule has 1 aliphatic carbocycles. The molecule has 0 saturated carbocycles. The maximum atomic E-state index is 8.92. The van der Waals surface area contributed by atoms with Gasteiger partial charge in [0.25, 0.3) is 0 Å². The molecule has 0 fully saturated rings. The molecular formula is C14H13N3. The maximum absolute atomic E-state index is 8.92. The van der Waals surface area contributed by atoms with E-state index in [4.69, 9.17) is 5.26 Å². The Morgan fingerprint density at radius 2 is 2.12 bits per heavy atom. The van der Waals surface area contributed by atoms with E-state index in [0.29, 0.717) is 0 Å². The van der Waals surface area contributed by atoms with Crippen molar-refractivity contribution in [1.82, 2.24) is 10.2 Å². The molecule has 3 nitrogen and oxygen atoms in total. The Labute approximate surface area is 100 Å². The van der Waals surface area contributed by atoms with Gasteiger partial charge in [-0.25, -0.2) is 0 Å². The van der Waals surface area contributed by atoms with Crippen LogP contribution in [0.1, 0.15) is 29.3 Å². The smallest absolute Gasteiger partial charge is 0.0991 e. The van der Waals surface area contributed by atoms with Crippen LogP contribution in [0.4, 0.5) is 0 Å². The Morgan fingerprint density at radius 3 is 2.82 bits per heavy atom. The van der Waals surface area contributed by atoms with Gasteiger partial charge < -0.3 is 0 Å². The topological polar surface area (TPSA) is 52.5 Å². The standard InChI is InChI=1S/C14H13N3/c1-14(13-4-5-16-17-13)7-11-3-2-10(9-15)6-12(11)8-14/h2-6H,7-8H2,1H3,(H,16,17)/t14-/m1/s1. The van der Waals surface area contributed by atoms with Gasteiger partial charge in [-0.1, -0.05) is 13.0 Å². The van der Waals surface area contributed by atoms with Crippen LogP contribution in [0.15, 0.2) is 30.5 Å². The summed E-state index contributed by atoms with van der Waals surface area (Å²) in [7, 11) is 0. The fourth-order valence-electron chi connectivity index (χ4n) is 2.72. The molecule has 1 aliphatic rings. The molecule has 0 aliphatic heterocycles. The van der Waals surface area contributed by atoms with Crippen molar-refractivity contribution in [2.45, 2.75) is 25.2 Å². The highest BCUT2D eigenvalue weighted by atomic mass is 15.1. The molecule has 0 radical (unpaired) electrons. The minimum Gasteiger partial charge on any atom is -0.282 e. The number of nitrogens with zero attached hydrogens (tertiary/aromatic N) is 2. The molecule has 84 valence electrons. The van der Waals surface area contributed by atoms with Gasteiger partial charge >= 0.3 is 0 Å². The second-order valence-corrected chi connectivity index (χ2v) is 4.98. The summed E-state index contributed by atoms with van der Waals surface area (Å²) in [6.07, 6.45) is 3.78. The summed E-state index contributed by atoms with van der Waals surface area (Å²) in [5.41, 5.74) is 4.65.